The predicted octanol–water partition coefficient (Wildman–Crippen LogP) is 3.88. The van der Waals surface area contributed by atoms with Gasteiger partial charge in [-0.2, -0.15) is 8.78 Å². The van der Waals surface area contributed by atoms with Crippen molar-refractivity contribution in [2.24, 2.45) is 5.41 Å². The first-order valence-electron chi connectivity index (χ1n) is 17.6. The van der Waals surface area contributed by atoms with Crippen LogP contribution in [0.2, 0.25) is 0 Å². The zero-order valence-electron chi connectivity index (χ0n) is 29.8. The molecule has 4 N–H and O–H groups in total. The molecule has 14 nitrogen and oxygen atoms in total. The first kappa shape index (κ1) is 41.1. The third-order valence-electron chi connectivity index (χ3n) is 9.29. The summed E-state index contributed by atoms with van der Waals surface area (Å²) in [6, 6.07) is 11.9. The maximum Gasteiger partial charge on any atom is 0.305 e. The summed E-state index contributed by atoms with van der Waals surface area (Å²) in [4.78, 5) is 80.6. The minimum atomic E-state index is -1.95. The summed E-state index contributed by atoms with van der Waals surface area (Å²) in [7, 11) is 0. The fourth-order valence-corrected chi connectivity index (χ4v) is 6.02. The molecule has 56 heavy (non-hydrogen) atoms. The molecule has 1 heterocycles. The molecule has 0 spiro atoms. The summed E-state index contributed by atoms with van der Waals surface area (Å²) in [5.74, 6) is -14.1. The monoisotopic (exact) mass is 786 g/mol. The number of ether oxygens (including phenoxy) is 3. The van der Waals surface area contributed by atoms with Crippen LogP contribution in [-0.2, 0) is 33.5 Å². The Balaban J connectivity index is 1.30. The lowest BCUT2D eigenvalue weighted by molar-refractivity contribution is -0.152. The van der Waals surface area contributed by atoms with Gasteiger partial charge in [0.2, 0.25) is 35.3 Å². The number of carboxylic acid groups (broad SMARTS) is 1. The molecular weight excluding hydrogens is 748 g/mol. The van der Waals surface area contributed by atoms with Gasteiger partial charge in [0.25, 0.3) is 0 Å². The minimum Gasteiger partial charge on any atom is -0.481 e. The fraction of sp³-hybridized carbons (Fsp3) is 0.368. The van der Waals surface area contributed by atoms with Crippen LogP contribution in [0.4, 0.5) is 23.2 Å². The van der Waals surface area contributed by atoms with Gasteiger partial charge in [-0.15, -0.1) is 0 Å². The van der Waals surface area contributed by atoms with Gasteiger partial charge in [0.15, 0.2) is 23.2 Å². The van der Waals surface area contributed by atoms with E-state index in [9.17, 15) is 51.4 Å². The molecule has 5 rings (SSSR count). The zero-order valence-corrected chi connectivity index (χ0v) is 29.8. The van der Waals surface area contributed by atoms with E-state index < -0.39 is 89.0 Å². The van der Waals surface area contributed by atoms with Gasteiger partial charge < -0.3 is 40.2 Å². The number of rotatable bonds is 17. The highest BCUT2D eigenvalue weighted by Crippen LogP contribution is 2.42. The number of carbonyl (C=O) groups is 6. The van der Waals surface area contributed by atoms with E-state index in [1.54, 1.807) is 53.4 Å². The second kappa shape index (κ2) is 18.5. The first-order chi connectivity index (χ1) is 26.8. The number of ketones is 1. The average Bonchev–Trinajstić information content (AvgIpc) is 3.15. The van der Waals surface area contributed by atoms with Crippen LogP contribution < -0.4 is 25.4 Å². The van der Waals surface area contributed by atoms with Crippen LogP contribution in [0.15, 0.2) is 60.7 Å². The summed E-state index contributed by atoms with van der Waals surface area (Å²) >= 11 is 0. The van der Waals surface area contributed by atoms with Crippen LogP contribution in [0.1, 0.15) is 38.5 Å². The number of para-hydroxylation sites is 1. The number of nitrogens with zero attached hydrogens (tertiary/aromatic N) is 1. The van der Waals surface area contributed by atoms with Crippen molar-refractivity contribution in [2.45, 2.75) is 50.6 Å². The maximum absolute atomic E-state index is 14.1. The number of amides is 4. The molecule has 3 aromatic carbocycles. The third kappa shape index (κ3) is 10.2. The van der Waals surface area contributed by atoms with E-state index >= 15 is 0 Å². The molecule has 1 saturated carbocycles. The van der Waals surface area contributed by atoms with Crippen molar-refractivity contribution >= 4 is 41.1 Å². The van der Waals surface area contributed by atoms with Gasteiger partial charge in [0.1, 0.15) is 35.6 Å². The maximum atomic E-state index is 14.1. The Labute approximate surface area is 317 Å². The molecule has 0 bridgehead atoms. The summed E-state index contributed by atoms with van der Waals surface area (Å²) in [5.41, 5.74) is -1.60. The predicted molar refractivity (Wildman–Crippen MR) is 187 cm³/mol. The molecule has 298 valence electrons. The average molecular weight is 787 g/mol. The van der Waals surface area contributed by atoms with Crippen molar-refractivity contribution in [2.75, 3.05) is 38.2 Å². The van der Waals surface area contributed by atoms with Gasteiger partial charge in [0.05, 0.1) is 19.6 Å². The molecule has 4 amide bonds. The van der Waals surface area contributed by atoms with E-state index in [1.165, 1.54) is 0 Å². The van der Waals surface area contributed by atoms with Crippen molar-refractivity contribution in [3.63, 3.8) is 0 Å². The van der Waals surface area contributed by atoms with E-state index in [2.05, 4.69) is 20.7 Å². The van der Waals surface area contributed by atoms with Crippen LogP contribution in [0.3, 0.4) is 0 Å². The quantitative estimate of drug-likeness (QED) is 0.0889. The number of halogens is 4. The summed E-state index contributed by atoms with van der Waals surface area (Å²) in [6.07, 6.45) is -1.21. The molecule has 2 aliphatic rings. The van der Waals surface area contributed by atoms with Gasteiger partial charge >= 0.3 is 5.97 Å². The van der Waals surface area contributed by atoms with Crippen LogP contribution in [0.5, 0.6) is 17.2 Å². The molecule has 1 aliphatic carbocycles. The number of hydrogen-bond acceptors (Lipinski definition) is 9. The van der Waals surface area contributed by atoms with Gasteiger partial charge in [0, 0.05) is 37.3 Å². The highest BCUT2D eigenvalue weighted by atomic mass is 19.2. The second-order valence-electron chi connectivity index (χ2n) is 13.1. The van der Waals surface area contributed by atoms with Gasteiger partial charge in [-0.05, 0) is 43.5 Å². The third-order valence-corrected chi connectivity index (χ3v) is 9.29. The second-order valence-corrected chi connectivity index (χ2v) is 13.1. The lowest BCUT2D eigenvalue weighted by atomic mass is 9.67. The number of Topliss-reactive ketones (excluding diaryl/α,β-unsaturated/α-hetero) is 1. The normalized spacial score (nSPS) is 15.7. The van der Waals surface area contributed by atoms with E-state index in [0.717, 1.165) is 0 Å². The van der Waals surface area contributed by atoms with Crippen molar-refractivity contribution in [3.8, 4) is 17.2 Å². The molecule has 18 heteroatoms. The summed E-state index contributed by atoms with van der Waals surface area (Å²) in [5, 5.41) is 16.9. The van der Waals surface area contributed by atoms with E-state index in [4.69, 9.17) is 9.47 Å². The molecule has 0 aromatic heterocycles. The molecule has 2 atom stereocenters. The number of nitrogens with one attached hydrogen (secondary N) is 3. The smallest absolute Gasteiger partial charge is 0.305 e. The Kier molecular flexibility index (Phi) is 13.6. The highest BCUT2D eigenvalue weighted by Gasteiger charge is 2.52. The van der Waals surface area contributed by atoms with Crippen molar-refractivity contribution in [1.29, 1.82) is 0 Å². The van der Waals surface area contributed by atoms with E-state index in [0.29, 0.717) is 44.2 Å². The Morgan fingerprint density at radius 3 is 2.05 bits per heavy atom. The van der Waals surface area contributed by atoms with Crippen molar-refractivity contribution in [1.82, 2.24) is 15.5 Å². The molecule has 3 aromatic rings. The number of hydrogen-bond donors (Lipinski definition) is 4. The number of benzene rings is 3. The highest BCUT2D eigenvalue weighted by molar-refractivity contribution is 6.09. The van der Waals surface area contributed by atoms with Crippen molar-refractivity contribution in [3.05, 3.63) is 83.9 Å². The minimum absolute atomic E-state index is 0.0753. The van der Waals surface area contributed by atoms with Crippen molar-refractivity contribution < 1.29 is 65.6 Å². The first-order valence-corrected chi connectivity index (χ1v) is 17.6. The molecule has 1 aliphatic heterocycles. The van der Waals surface area contributed by atoms with Crippen LogP contribution >= 0.6 is 0 Å². The molecule has 2 unspecified atom stereocenters. The topological polar surface area (TPSA) is 190 Å². The number of anilines is 1. The van der Waals surface area contributed by atoms with Gasteiger partial charge in [-0.1, -0.05) is 30.7 Å². The lowest BCUT2D eigenvalue weighted by Crippen LogP contribution is -2.60. The van der Waals surface area contributed by atoms with Crippen LogP contribution in [0.25, 0.3) is 0 Å². The Morgan fingerprint density at radius 1 is 0.821 bits per heavy atom. The number of aliphatic carboxylic acids is 1. The molecular formula is C38H38F4N4O10. The van der Waals surface area contributed by atoms with Crippen LogP contribution in [-0.4, -0.2) is 90.4 Å². The summed E-state index contributed by atoms with van der Waals surface area (Å²) in [6.45, 7) is 0.0267. The lowest BCUT2D eigenvalue weighted by Gasteiger charge is -2.40. The number of morpholine rings is 1. The molecule has 0 radical (unpaired) electrons. The zero-order chi connectivity index (χ0) is 40.4. The van der Waals surface area contributed by atoms with Gasteiger partial charge in [-0.3, -0.25) is 28.8 Å². The Morgan fingerprint density at radius 2 is 1.45 bits per heavy atom. The largest absolute Gasteiger partial charge is 0.481 e. The fourth-order valence-electron chi connectivity index (χ4n) is 6.02. The molecule has 2 fully saturated rings. The van der Waals surface area contributed by atoms with Crippen LogP contribution in [0, 0.1) is 28.7 Å². The Bertz CT molecular complexity index is 1930. The standard InChI is InChI=1S/C38H38F4N4O10/c39-25-19-26(40)33(42)34(32(25)41)55-21-29(47)28(20-31(49)50)45-37(53)38(12-5-13-38)36(52)44-27(10-11-30(48)46-14-16-54-17-15-46)35(51)43-22-6-4-9-24(18-22)56-23-7-2-1-3-8-23/h1-4,6-9,18-19,27-28H,5,10-17,20-21H2,(H,43,51)(H,44,52)(H,45,53)(H,49,50). The van der Waals surface area contributed by atoms with E-state index in [-0.39, 0.29) is 43.3 Å². The number of carboxylic acids is 1. The molecule has 1 saturated heterocycles. The number of carbonyl (C=O) groups excluding carboxylic acids is 5. The summed E-state index contributed by atoms with van der Waals surface area (Å²) < 4.78 is 71.3. The Hall–Kier alpha value is -6.04. The van der Waals surface area contributed by atoms with E-state index in [1.807, 2.05) is 6.07 Å². The SMILES string of the molecule is O=C(O)CC(NC(=O)C1(C(=O)NC(CCC(=O)N2CCOCC2)C(=O)Nc2cccc(Oc3ccccc3)c2)CCC1)C(=O)COc1c(F)c(F)cc(F)c1F. The van der Waals surface area contributed by atoms with Gasteiger partial charge in [-0.25, -0.2) is 8.78 Å².